The summed E-state index contributed by atoms with van der Waals surface area (Å²) in [6.07, 6.45) is 5.15. The standard InChI is InChI=1S/C15H20N4/c1-2-19(11-7-3-4-8-11)14-12-9-5-6-10-13(12)17-15(16)18-14/h5-6,9-11H,2-4,7-8H2,1H3,(H2,16,17,18). The van der Waals surface area contributed by atoms with Crippen LogP contribution < -0.4 is 10.6 Å². The maximum atomic E-state index is 5.87. The van der Waals surface area contributed by atoms with Gasteiger partial charge in [0.15, 0.2) is 0 Å². The number of nitrogens with zero attached hydrogens (tertiary/aromatic N) is 3. The molecular formula is C15H20N4. The highest BCUT2D eigenvalue weighted by Crippen LogP contribution is 2.31. The lowest BCUT2D eigenvalue weighted by atomic mass is 10.1. The number of nitrogens with two attached hydrogens (primary N) is 1. The molecule has 1 aliphatic carbocycles. The van der Waals surface area contributed by atoms with Crippen molar-refractivity contribution in [3.63, 3.8) is 0 Å². The number of aromatic nitrogens is 2. The van der Waals surface area contributed by atoms with Gasteiger partial charge in [-0.25, -0.2) is 4.98 Å². The first kappa shape index (κ1) is 12.2. The van der Waals surface area contributed by atoms with Gasteiger partial charge in [0.05, 0.1) is 5.52 Å². The van der Waals surface area contributed by atoms with Crippen molar-refractivity contribution >= 4 is 22.7 Å². The van der Waals surface area contributed by atoms with Crippen LogP contribution in [0.5, 0.6) is 0 Å². The maximum Gasteiger partial charge on any atom is 0.222 e. The van der Waals surface area contributed by atoms with Gasteiger partial charge in [0.2, 0.25) is 5.95 Å². The van der Waals surface area contributed by atoms with E-state index < -0.39 is 0 Å². The average molecular weight is 256 g/mol. The van der Waals surface area contributed by atoms with Crippen molar-refractivity contribution < 1.29 is 0 Å². The lowest BCUT2D eigenvalue weighted by Gasteiger charge is -2.29. The zero-order chi connectivity index (χ0) is 13.2. The third-order valence-corrected chi connectivity index (χ3v) is 3.98. The van der Waals surface area contributed by atoms with E-state index in [9.17, 15) is 0 Å². The van der Waals surface area contributed by atoms with Gasteiger partial charge in [-0.2, -0.15) is 4.98 Å². The van der Waals surface area contributed by atoms with E-state index in [1.807, 2.05) is 18.2 Å². The molecule has 1 heterocycles. The number of rotatable bonds is 3. The van der Waals surface area contributed by atoms with Gasteiger partial charge < -0.3 is 10.6 Å². The van der Waals surface area contributed by atoms with Crippen LogP contribution >= 0.6 is 0 Å². The molecule has 100 valence electrons. The molecule has 1 aromatic heterocycles. The van der Waals surface area contributed by atoms with Crippen LogP contribution in [0, 0.1) is 0 Å². The number of benzene rings is 1. The van der Waals surface area contributed by atoms with E-state index in [2.05, 4.69) is 27.9 Å². The largest absolute Gasteiger partial charge is 0.368 e. The van der Waals surface area contributed by atoms with Crippen LogP contribution in [0.4, 0.5) is 11.8 Å². The van der Waals surface area contributed by atoms with Crippen LogP contribution in [0.1, 0.15) is 32.6 Å². The summed E-state index contributed by atoms with van der Waals surface area (Å²) in [4.78, 5) is 11.2. The van der Waals surface area contributed by atoms with Crippen LogP contribution in [0.15, 0.2) is 24.3 Å². The Labute approximate surface area is 113 Å². The molecule has 1 aromatic carbocycles. The first-order valence-electron chi connectivity index (χ1n) is 7.08. The van der Waals surface area contributed by atoms with Gasteiger partial charge in [0, 0.05) is 18.0 Å². The fourth-order valence-corrected chi connectivity index (χ4v) is 3.09. The number of hydrogen-bond donors (Lipinski definition) is 1. The van der Waals surface area contributed by atoms with Crippen molar-refractivity contribution in [1.82, 2.24) is 9.97 Å². The molecule has 0 spiro atoms. The molecular weight excluding hydrogens is 236 g/mol. The summed E-state index contributed by atoms with van der Waals surface area (Å²) < 4.78 is 0. The average Bonchev–Trinajstić information content (AvgIpc) is 2.93. The third kappa shape index (κ3) is 2.23. The Balaban J connectivity index is 2.11. The lowest BCUT2D eigenvalue weighted by Crippen LogP contribution is -2.34. The molecule has 0 unspecified atom stereocenters. The van der Waals surface area contributed by atoms with Gasteiger partial charge >= 0.3 is 0 Å². The van der Waals surface area contributed by atoms with Crippen molar-refractivity contribution in [2.24, 2.45) is 0 Å². The summed E-state index contributed by atoms with van der Waals surface area (Å²) in [5, 5.41) is 1.10. The normalized spacial score (nSPS) is 16.1. The summed E-state index contributed by atoms with van der Waals surface area (Å²) >= 11 is 0. The molecule has 0 aliphatic heterocycles. The summed E-state index contributed by atoms with van der Waals surface area (Å²) in [7, 11) is 0. The first-order valence-corrected chi connectivity index (χ1v) is 7.08. The Kier molecular flexibility index (Phi) is 3.23. The van der Waals surface area contributed by atoms with Crippen molar-refractivity contribution in [3.05, 3.63) is 24.3 Å². The number of anilines is 2. The number of fused-ring (bicyclic) bond motifs is 1. The van der Waals surface area contributed by atoms with E-state index in [4.69, 9.17) is 5.73 Å². The van der Waals surface area contributed by atoms with Crippen LogP contribution in [-0.2, 0) is 0 Å². The van der Waals surface area contributed by atoms with E-state index in [0.29, 0.717) is 12.0 Å². The molecule has 0 bridgehead atoms. The molecule has 0 saturated heterocycles. The molecule has 0 atom stereocenters. The number of para-hydroxylation sites is 1. The summed E-state index contributed by atoms with van der Waals surface area (Å²) in [5.41, 5.74) is 6.80. The molecule has 0 radical (unpaired) electrons. The van der Waals surface area contributed by atoms with Crippen LogP contribution in [-0.4, -0.2) is 22.6 Å². The second-order valence-electron chi connectivity index (χ2n) is 5.15. The molecule has 0 amide bonds. The first-order chi connectivity index (χ1) is 9.29. The molecule has 4 nitrogen and oxygen atoms in total. The van der Waals surface area contributed by atoms with Gasteiger partial charge in [-0.3, -0.25) is 0 Å². The Hall–Kier alpha value is -1.84. The Morgan fingerprint density at radius 2 is 1.95 bits per heavy atom. The van der Waals surface area contributed by atoms with Gasteiger partial charge in [0.25, 0.3) is 0 Å². The van der Waals surface area contributed by atoms with Gasteiger partial charge in [-0.15, -0.1) is 0 Å². The van der Waals surface area contributed by atoms with Crippen LogP contribution in [0.2, 0.25) is 0 Å². The molecule has 1 saturated carbocycles. The highest BCUT2D eigenvalue weighted by Gasteiger charge is 2.24. The minimum Gasteiger partial charge on any atom is -0.368 e. The fourth-order valence-electron chi connectivity index (χ4n) is 3.09. The summed E-state index contributed by atoms with van der Waals surface area (Å²) in [6, 6.07) is 8.71. The number of nitrogen functional groups attached to an aromatic ring is 1. The van der Waals surface area contributed by atoms with Crippen molar-refractivity contribution in [2.75, 3.05) is 17.2 Å². The van der Waals surface area contributed by atoms with Gasteiger partial charge in [-0.1, -0.05) is 25.0 Å². The smallest absolute Gasteiger partial charge is 0.222 e. The van der Waals surface area contributed by atoms with Gasteiger partial charge in [-0.05, 0) is 31.9 Å². The molecule has 2 aromatic rings. The summed E-state index contributed by atoms with van der Waals surface area (Å²) in [5.74, 6) is 1.36. The van der Waals surface area contributed by atoms with E-state index in [1.54, 1.807) is 0 Å². The Bertz CT molecular complexity index is 575. The van der Waals surface area contributed by atoms with Crippen LogP contribution in [0.3, 0.4) is 0 Å². The quantitative estimate of drug-likeness (QED) is 0.917. The van der Waals surface area contributed by atoms with E-state index in [1.165, 1.54) is 25.7 Å². The SMILES string of the molecule is CCN(c1nc(N)nc2ccccc12)C1CCCC1. The van der Waals surface area contributed by atoms with E-state index in [-0.39, 0.29) is 0 Å². The molecule has 2 N–H and O–H groups in total. The zero-order valence-electron chi connectivity index (χ0n) is 11.3. The highest BCUT2D eigenvalue weighted by molar-refractivity contribution is 5.90. The predicted octanol–water partition coefficient (Wildman–Crippen LogP) is 2.98. The second kappa shape index (κ2) is 5.03. The van der Waals surface area contributed by atoms with Crippen molar-refractivity contribution in [3.8, 4) is 0 Å². The predicted molar refractivity (Wildman–Crippen MR) is 79.2 cm³/mol. The molecule has 1 aliphatic rings. The Morgan fingerprint density at radius 1 is 1.21 bits per heavy atom. The molecule has 1 fully saturated rings. The lowest BCUT2D eigenvalue weighted by molar-refractivity contribution is 0.615. The minimum atomic E-state index is 0.366. The van der Waals surface area contributed by atoms with Gasteiger partial charge in [0.1, 0.15) is 5.82 Å². The maximum absolute atomic E-state index is 5.87. The van der Waals surface area contributed by atoms with Crippen molar-refractivity contribution in [1.29, 1.82) is 0 Å². The molecule has 3 rings (SSSR count). The summed E-state index contributed by atoms with van der Waals surface area (Å²) in [6.45, 7) is 3.15. The zero-order valence-corrected chi connectivity index (χ0v) is 11.3. The molecule has 4 heteroatoms. The highest BCUT2D eigenvalue weighted by atomic mass is 15.2. The fraction of sp³-hybridized carbons (Fsp3) is 0.467. The monoisotopic (exact) mass is 256 g/mol. The number of hydrogen-bond acceptors (Lipinski definition) is 4. The van der Waals surface area contributed by atoms with Crippen molar-refractivity contribution in [2.45, 2.75) is 38.6 Å². The molecule has 19 heavy (non-hydrogen) atoms. The Morgan fingerprint density at radius 3 is 2.68 bits per heavy atom. The van der Waals surface area contributed by atoms with E-state index in [0.717, 1.165) is 23.3 Å². The van der Waals surface area contributed by atoms with E-state index >= 15 is 0 Å². The second-order valence-corrected chi connectivity index (χ2v) is 5.15. The minimum absolute atomic E-state index is 0.366. The van der Waals surface area contributed by atoms with Crippen LogP contribution in [0.25, 0.3) is 10.9 Å². The topological polar surface area (TPSA) is 55.0 Å². The third-order valence-electron chi connectivity index (χ3n) is 3.98.